The van der Waals surface area contributed by atoms with Crippen molar-refractivity contribution in [3.63, 3.8) is 0 Å². The van der Waals surface area contributed by atoms with Gasteiger partial charge in [0, 0.05) is 18.5 Å². The van der Waals surface area contributed by atoms with Crippen molar-refractivity contribution in [1.29, 1.82) is 0 Å². The van der Waals surface area contributed by atoms with Gasteiger partial charge >= 0.3 is 0 Å². The molecule has 0 saturated heterocycles. The van der Waals surface area contributed by atoms with Gasteiger partial charge in [0.15, 0.2) is 0 Å². The van der Waals surface area contributed by atoms with Crippen molar-refractivity contribution in [1.82, 2.24) is 4.90 Å². The molecule has 0 saturated carbocycles. The topological polar surface area (TPSA) is 29.5 Å². The highest BCUT2D eigenvalue weighted by atomic mass is 16.5. The predicted octanol–water partition coefficient (Wildman–Crippen LogP) is 8.22. The number of para-hydroxylation sites is 1. The summed E-state index contributed by atoms with van der Waals surface area (Å²) in [6, 6.07) is 18.3. The molecule has 0 aromatic heterocycles. The molecule has 0 aliphatic carbocycles. The second kappa shape index (κ2) is 16.1. The molecule has 2 rings (SSSR count). The molecule has 3 heteroatoms. The minimum absolute atomic E-state index is 0.0413. The Morgan fingerprint density at radius 2 is 1.48 bits per heavy atom. The van der Waals surface area contributed by atoms with Gasteiger partial charge in [0.2, 0.25) is 5.91 Å². The van der Waals surface area contributed by atoms with Crippen LogP contribution in [-0.2, 0) is 4.79 Å². The molecule has 0 aliphatic rings. The van der Waals surface area contributed by atoms with Crippen LogP contribution in [0.3, 0.4) is 0 Å². The summed E-state index contributed by atoms with van der Waals surface area (Å²) in [4.78, 5) is 15.2. The second-order valence-corrected chi connectivity index (χ2v) is 8.86. The Balaban J connectivity index is 1.91. The summed E-state index contributed by atoms with van der Waals surface area (Å²) in [6.45, 7) is 4.97. The summed E-state index contributed by atoms with van der Waals surface area (Å²) in [7, 11) is 1.69. The number of rotatable bonds is 16. The van der Waals surface area contributed by atoms with E-state index in [1.54, 1.807) is 7.11 Å². The van der Waals surface area contributed by atoms with Gasteiger partial charge in [-0.1, -0.05) is 119 Å². The monoisotopic (exact) mass is 449 g/mol. The van der Waals surface area contributed by atoms with E-state index in [1.807, 2.05) is 47.4 Å². The first-order valence-corrected chi connectivity index (χ1v) is 12.8. The standard InChI is InChI=1S/C30H43NO2/c1-4-5-6-7-8-9-10-11-15-24-30(32)31(26(2)27-19-13-12-14-20-27)25-18-22-28-21-16-17-23-29(28)33-3/h12-14,16-23,26H,4-11,15,24-25H2,1-3H3/b22-18+. The highest BCUT2D eigenvalue weighted by Crippen LogP contribution is 2.23. The highest BCUT2D eigenvalue weighted by molar-refractivity contribution is 5.77. The van der Waals surface area contributed by atoms with Gasteiger partial charge in [0.25, 0.3) is 0 Å². The van der Waals surface area contributed by atoms with Gasteiger partial charge in [-0.3, -0.25) is 4.79 Å². The molecule has 180 valence electrons. The van der Waals surface area contributed by atoms with Crippen LogP contribution in [0.15, 0.2) is 60.7 Å². The number of amides is 1. The molecule has 0 N–H and O–H groups in total. The van der Waals surface area contributed by atoms with Gasteiger partial charge in [-0.25, -0.2) is 0 Å². The van der Waals surface area contributed by atoms with Crippen LogP contribution >= 0.6 is 0 Å². The van der Waals surface area contributed by atoms with Crippen LogP contribution in [0.1, 0.15) is 95.2 Å². The van der Waals surface area contributed by atoms with E-state index in [0.717, 1.165) is 24.2 Å². The van der Waals surface area contributed by atoms with E-state index in [-0.39, 0.29) is 11.9 Å². The van der Waals surface area contributed by atoms with Crippen LogP contribution in [0.4, 0.5) is 0 Å². The Kier molecular flexibility index (Phi) is 13.0. The zero-order chi connectivity index (χ0) is 23.7. The van der Waals surface area contributed by atoms with Gasteiger partial charge in [0.1, 0.15) is 5.75 Å². The number of hydrogen-bond donors (Lipinski definition) is 0. The van der Waals surface area contributed by atoms with Crippen molar-refractivity contribution >= 4 is 12.0 Å². The van der Waals surface area contributed by atoms with E-state index in [9.17, 15) is 4.79 Å². The molecule has 1 unspecified atom stereocenters. The van der Waals surface area contributed by atoms with Crippen LogP contribution in [0, 0.1) is 0 Å². The summed E-state index contributed by atoms with van der Waals surface area (Å²) in [5.41, 5.74) is 2.20. The Hall–Kier alpha value is -2.55. The van der Waals surface area contributed by atoms with E-state index in [4.69, 9.17) is 4.74 Å². The molecule has 0 fully saturated rings. The maximum Gasteiger partial charge on any atom is 0.223 e. The van der Waals surface area contributed by atoms with Crippen LogP contribution in [-0.4, -0.2) is 24.5 Å². The summed E-state index contributed by atoms with van der Waals surface area (Å²) >= 11 is 0. The third-order valence-electron chi connectivity index (χ3n) is 6.30. The average Bonchev–Trinajstić information content (AvgIpc) is 2.86. The average molecular weight is 450 g/mol. The molecule has 0 bridgehead atoms. The number of hydrogen-bond acceptors (Lipinski definition) is 2. The van der Waals surface area contributed by atoms with Crippen LogP contribution in [0.5, 0.6) is 5.75 Å². The Morgan fingerprint density at radius 3 is 2.15 bits per heavy atom. The molecule has 0 radical (unpaired) electrons. The molecular formula is C30H43NO2. The van der Waals surface area contributed by atoms with Crippen molar-refractivity contribution in [2.75, 3.05) is 13.7 Å². The third-order valence-corrected chi connectivity index (χ3v) is 6.30. The highest BCUT2D eigenvalue weighted by Gasteiger charge is 2.20. The second-order valence-electron chi connectivity index (χ2n) is 8.86. The van der Waals surface area contributed by atoms with Gasteiger partial charge in [0.05, 0.1) is 13.2 Å². The third kappa shape index (κ3) is 9.86. The van der Waals surface area contributed by atoms with Gasteiger partial charge < -0.3 is 9.64 Å². The summed E-state index contributed by atoms with van der Waals surface area (Å²) in [6.07, 6.45) is 16.1. The molecule has 2 aromatic rings. The van der Waals surface area contributed by atoms with E-state index in [0.29, 0.717) is 13.0 Å². The fraction of sp³-hybridized carbons (Fsp3) is 0.500. The minimum Gasteiger partial charge on any atom is -0.496 e. The summed E-state index contributed by atoms with van der Waals surface area (Å²) < 4.78 is 5.45. The lowest BCUT2D eigenvalue weighted by molar-refractivity contribution is -0.132. The van der Waals surface area contributed by atoms with E-state index in [2.05, 4.69) is 38.1 Å². The van der Waals surface area contributed by atoms with Crippen molar-refractivity contribution < 1.29 is 9.53 Å². The normalized spacial score (nSPS) is 12.1. The summed E-state index contributed by atoms with van der Waals surface area (Å²) in [5.74, 6) is 1.08. The maximum absolute atomic E-state index is 13.2. The number of carbonyl (C=O) groups is 1. The van der Waals surface area contributed by atoms with Gasteiger partial charge in [-0.15, -0.1) is 0 Å². The number of nitrogens with zero attached hydrogens (tertiary/aromatic N) is 1. The lowest BCUT2D eigenvalue weighted by atomic mass is 10.0. The van der Waals surface area contributed by atoms with E-state index < -0.39 is 0 Å². The smallest absolute Gasteiger partial charge is 0.223 e. The maximum atomic E-state index is 13.2. The SMILES string of the molecule is CCCCCCCCCCCC(=O)N(C/C=C/c1ccccc1OC)C(C)c1ccccc1. The zero-order valence-electron chi connectivity index (χ0n) is 21.0. The fourth-order valence-corrected chi connectivity index (χ4v) is 4.22. The molecular weight excluding hydrogens is 406 g/mol. The lowest BCUT2D eigenvalue weighted by Gasteiger charge is -2.29. The largest absolute Gasteiger partial charge is 0.496 e. The van der Waals surface area contributed by atoms with Gasteiger partial charge in [-0.05, 0) is 25.0 Å². The summed E-state index contributed by atoms with van der Waals surface area (Å²) in [5, 5.41) is 0. The van der Waals surface area contributed by atoms with Crippen LogP contribution < -0.4 is 4.74 Å². The molecule has 0 heterocycles. The first-order valence-electron chi connectivity index (χ1n) is 12.8. The van der Waals surface area contributed by atoms with Crippen molar-refractivity contribution in [2.45, 2.75) is 84.1 Å². The first-order chi connectivity index (χ1) is 16.2. The number of ether oxygens (including phenoxy) is 1. The number of benzene rings is 2. The fourth-order valence-electron chi connectivity index (χ4n) is 4.22. The minimum atomic E-state index is 0.0413. The number of carbonyl (C=O) groups excluding carboxylic acids is 1. The molecule has 1 amide bonds. The Labute approximate surface area is 201 Å². The molecule has 0 spiro atoms. The number of unbranched alkanes of at least 4 members (excludes halogenated alkanes) is 8. The van der Waals surface area contributed by atoms with Crippen LogP contribution in [0.2, 0.25) is 0 Å². The van der Waals surface area contributed by atoms with E-state index >= 15 is 0 Å². The quantitative estimate of drug-likeness (QED) is 0.242. The number of methoxy groups -OCH3 is 1. The predicted molar refractivity (Wildman–Crippen MR) is 140 cm³/mol. The molecule has 3 nitrogen and oxygen atoms in total. The van der Waals surface area contributed by atoms with Crippen molar-refractivity contribution in [3.8, 4) is 5.75 Å². The molecule has 2 aromatic carbocycles. The van der Waals surface area contributed by atoms with Crippen molar-refractivity contribution in [3.05, 3.63) is 71.8 Å². The van der Waals surface area contributed by atoms with Crippen molar-refractivity contribution in [2.24, 2.45) is 0 Å². The zero-order valence-corrected chi connectivity index (χ0v) is 21.0. The first kappa shape index (κ1) is 26.7. The van der Waals surface area contributed by atoms with E-state index in [1.165, 1.54) is 50.5 Å². The lowest BCUT2D eigenvalue weighted by Crippen LogP contribution is -2.33. The molecule has 33 heavy (non-hydrogen) atoms. The van der Waals surface area contributed by atoms with Gasteiger partial charge in [-0.2, -0.15) is 0 Å². The van der Waals surface area contributed by atoms with Crippen LogP contribution in [0.25, 0.3) is 6.08 Å². The molecule has 1 atom stereocenters. The Bertz CT molecular complexity index is 815. The Morgan fingerprint density at radius 1 is 0.879 bits per heavy atom. The molecule has 0 aliphatic heterocycles.